The highest BCUT2D eigenvalue weighted by Crippen LogP contribution is 2.46. The molecule has 10 nitrogen and oxygen atoms in total. The molecule has 26 heavy (non-hydrogen) atoms. The molecule has 2 aliphatic heterocycles. The Morgan fingerprint density at radius 1 is 1.46 bits per heavy atom. The number of rotatable bonds is 8. The van der Waals surface area contributed by atoms with Gasteiger partial charge in [-0.1, -0.05) is 0 Å². The lowest BCUT2D eigenvalue weighted by molar-refractivity contribution is -0.192. The lowest BCUT2D eigenvalue weighted by Gasteiger charge is -2.55. The largest absolute Gasteiger partial charge is 0.480 e. The molecule has 0 aromatic heterocycles. The van der Waals surface area contributed by atoms with Gasteiger partial charge in [-0.15, -0.1) is 11.8 Å². The molecule has 0 bridgehead atoms. The van der Waals surface area contributed by atoms with Gasteiger partial charge in [-0.05, 0) is 25.3 Å². The van der Waals surface area contributed by atoms with Crippen molar-refractivity contribution >= 4 is 35.5 Å². The van der Waals surface area contributed by atoms with Gasteiger partial charge in [-0.25, -0.2) is 4.79 Å². The average molecular weight is 387 g/mol. The molecule has 0 saturated carbocycles. The van der Waals surface area contributed by atoms with Crippen molar-refractivity contribution in [2.45, 2.75) is 43.3 Å². The summed E-state index contributed by atoms with van der Waals surface area (Å²) in [6.45, 7) is 1.64. The van der Waals surface area contributed by atoms with Crippen LogP contribution < -0.4 is 11.1 Å². The second kappa shape index (κ2) is 7.64. The molecule has 1 fully saturated rings. The number of nitrogens with two attached hydrogens (primary N) is 1. The number of hydrogen-bond donors (Lipinski definition) is 4. The minimum atomic E-state index is -1.63. The van der Waals surface area contributed by atoms with Crippen LogP contribution in [0.5, 0.6) is 0 Å². The molecule has 2 rings (SSSR count). The first kappa shape index (κ1) is 20.2. The molecule has 2 heterocycles. The first-order valence-electron chi connectivity index (χ1n) is 7.88. The van der Waals surface area contributed by atoms with Crippen molar-refractivity contribution in [1.29, 1.82) is 0 Å². The van der Waals surface area contributed by atoms with E-state index in [1.807, 2.05) is 0 Å². The second-order valence-corrected chi connectivity index (χ2v) is 7.17. The van der Waals surface area contributed by atoms with Crippen molar-refractivity contribution in [1.82, 2.24) is 10.2 Å². The molecule has 144 valence electrons. The Balaban J connectivity index is 2.04. The van der Waals surface area contributed by atoms with Crippen molar-refractivity contribution < 1.29 is 34.1 Å². The summed E-state index contributed by atoms with van der Waals surface area (Å²) in [4.78, 5) is 48.0. The highest BCUT2D eigenvalue weighted by Gasteiger charge is 2.66. The molecule has 0 spiro atoms. The van der Waals surface area contributed by atoms with Gasteiger partial charge in [0.15, 0.2) is 0 Å². The number of nitrogens with zero attached hydrogens (tertiary/aromatic N) is 1. The van der Waals surface area contributed by atoms with Gasteiger partial charge in [-0.2, -0.15) is 0 Å². The van der Waals surface area contributed by atoms with Crippen molar-refractivity contribution in [2.75, 3.05) is 12.9 Å². The molecule has 5 N–H and O–H groups in total. The fraction of sp³-hybridized carbons (Fsp3) is 0.600. The van der Waals surface area contributed by atoms with Crippen molar-refractivity contribution in [2.24, 2.45) is 5.73 Å². The lowest BCUT2D eigenvalue weighted by atomic mass is 9.98. The number of ether oxygens (including phenoxy) is 1. The molecule has 0 unspecified atom stereocenters. The number of carboxylic acids is 2. The summed E-state index contributed by atoms with van der Waals surface area (Å²) in [6, 6.07) is -1.06. The van der Waals surface area contributed by atoms with Crippen LogP contribution in [0.15, 0.2) is 11.3 Å². The molecule has 0 aromatic carbocycles. The van der Waals surface area contributed by atoms with Gasteiger partial charge in [0.05, 0.1) is 0 Å². The number of carboxylic acid groups (broad SMARTS) is 2. The molecule has 2 aliphatic rings. The molecule has 11 heteroatoms. The first-order valence-corrected chi connectivity index (χ1v) is 8.93. The van der Waals surface area contributed by atoms with Gasteiger partial charge in [-0.3, -0.25) is 19.3 Å². The Morgan fingerprint density at radius 3 is 2.65 bits per heavy atom. The molecule has 1 saturated heterocycles. The number of hydrogen-bond acceptors (Lipinski definition) is 7. The number of thioether (sulfide) groups is 1. The molecular weight excluding hydrogens is 366 g/mol. The Bertz CT molecular complexity index is 680. The zero-order valence-corrected chi connectivity index (χ0v) is 15.2. The average Bonchev–Trinajstić information content (AvgIpc) is 2.58. The second-order valence-electron chi connectivity index (χ2n) is 6.10. The number of fused-ring (bicyclic) bond motifs is 1. The maximum atomic E-state index is 12.6. The maximum Gasteiger partial charge on any atom is 0.352 e. The van der Waals surface area contributed by atoms with Gasteiger partial charge in [0.2, 0.25) is 5.91 Å². The third-order valence-corrected chi connectivity index (χ3v) is 5.77. The summed E-state index contributed by atoms with van der Waals surface area (Å²) in [5.74, 6) is -3.11. The molecule has 3 atom stereocenters. The Hall–Kier alpha value is -2.11. The van der Waals surface area contributed by atoms with E-state index in [-0.39, 0.29) is 25.0 Å². The minimum Gasteiger partial charge on any atom is -0.480 e. The van der Waals surface area contributed by atoms with Crippen LogP contribution in [0.25, 0.3) is 0 Å². The Labute approximate surface area is 153 Å². The van der Waals surface area contributed by atoms with E-state index < -0.39 is 40.9 Å². The zero-order valence-electron chi connectivity index (χ0n) is 14.4. The zero-order chi connectivity index (χ0) is 19.6. The van der Waals surface area contributed by atoms with Crippen molar-refractivity contribution in [3.8, 4) is 0 Å². The molecular formula is C15H21N3O7S. The summed E-state index contributed by atoms with van der Waals surface area (Å²) >= 11 is 1.30. The van der Waals surface area contributed by atoms with Crippen LogP contribution in [0, 0.1) is 0 Å². The van der Waals surface area contributed by atoms with E-state index in [1.165, 1.54) is 18.9 Å². The smallest absolute Gasteiger partial charge is 0.352 e. The number of carbonyl (C=O) groups is 4. The number of nitrogens with one attached hydrogen (secondary N) is 1. The van der Waals surface area contributed by atoms with Crippen molar-refractivity contribution in [3.63, 3.8) is 0 Å². The van der Waals surface area contributed by atoms with Crippen LogP contribution in [-0.4, -0.2) is 68.9 Å². The SMILES string of the molecule is CO[C@@]1(NC(=O)CCC[C@@H](N)C(=O)O)C(=O)N2C(C(=O)O)=C(C)CS[C@@H]21. The fourth-order valence-corrected chi connectivity index (χ4v) is 4.30. The van der Waals surface area contributed by atoms with Gasteiger partial charge >= 0.3 is 11.9 Å². The third-order valence-electron chi connectivity index (χ3n) is 4.31. The van der Waals surface area contributed by atoms with Gasteiger partial charge < -0.3 is 26.0 Å². The highest BCUT2D eigenvalue weighted by atomic mass is 32.2. The van der Waals surface area contributed by atoms with E-state index in [4.69, 9.17) is 15.6 Å². The van der Waals surface area contributed by atoms with E-state index in [0.29, 0.717) is 11.3 Å². The summed E-state index contributed by atoms with van der Waals surface area (Å²) < 4.78 is 5.28. The van der Waals surface area contributed by atoms with Gasteiger partial charge in [0, 0.05) is 19.3 Å². The number of carbonyl (C=O) groups excluding carboxylic acids is 2. The van der Waals surface area contributed by atoms with Crippen LogP contribution in [0.1, 0.15) is 26.2 Å². The Morgan fingerprint density at radius 2 is 2.12 bits per heavy atom. The predicted molar refractivity (Wildman–Crippen MR) is 90.8 cm³/mol. The summed E-state index contributed by atoms with van der Waals surface area (Å²) in [5.41, 5.74) is 4.22. The van der Waals surface area contributed by atoms with Crippen LogP contribution >= 0.6 is 11.8 Å². The van der Waals surface area contributed by atoms with Gasteiger partial charge in [0.1, 0.15) is 17.1 Å². The van der Waals surface area contributed by atoms with Gasteiger partial charge in [0.25, 0.3) is 11.6 Å². The number of methoxy groups -OCH3 is 1. The number of β-lactam (4-membered cyclic amide) rings is 1. The lowest BCUT2D eigenvalue weighted by Crippen LogP contribution is -2.80. The quantitative estimate of drug-likeness (QED) is 0.312. The van der Waals surface area contributed by atoms with E-state index in [0.717, 1.165) is 4.90 Å². The van der Waals surface area contributed by atoms with Crippen LogP contribution in [0.3, 0.4) is 0 Å². The topological polar surface area (TPSA) is 159 Å². The molecule has 0 aromatic rings. The van der Waals surface area contributed by atoms with E-state index >= 15 is 0 Å². The third kappa shape index (κ3) is 3.41. The molecule has 0 radical (unpaired) electrons. The minimum absolute atomic E-state index is 0.0303. The van der Waals surface area contributed by atoms with Crippen molar-refractivity contribution in [3.05, 3.63) is 11.3 Å². The highest BCUT2D eigenvalue weighted by molar-refractivity contribution is 8.00. The fourth-order valence-electron chi connectivity index (χ4n) is 2.91. The molecule has 0 aliphatic carbocycles. The summed E-state index contributed by atoms with van der Waals surface area (Å²) in [6.07, 6.45) is 0.317. The van der Waals surface area contributed by atoms with E-state index in [9.17, 15) is 24.3 Å². The van der Waals surface area contributed by atoms with Crippen LogP contribution in [0.2, 0.25) is 0 Å². The number of amides is 2. The van der Waals surface area contributed by atoms with Crippen LogP contribution in [0.4, 0.5) is 0 Å². The van der Waals surface area contributed by atoms with Crippen LogP contribution in [-0.2, 0) is 23.9 Å². The predicted octanol–water partition coefficient (Wildman–Crippen LogP) is -0.699. The number of aliphatic carboxylic acids is 2. The standard InChI is InChI=1S/C15H21N3O7S/c1-7-6-26-14-15(25-2,13(24)18(14)10(7)12(22)23)17-9(19)5-3-4-8(16)11(20)21/h8,14H,3-6,16H2,1-2H3,(H,17,19)(H,20,21)(H,22,23)/t8-,14-,15+/m1/s1. The maximum absolute atomic E-state index is 12.6. The van der Waals surface area contributed by atoms with E-state index in [2.05, 4.69) is 5.32 Å². The molecule has 2 amide bonds. The Kier molecular flexibility index (Phi) is 5.94. The first-order chi connectivity index (χ1) is 12.2. The summed E-state index contributed by atoms with van der Waals surface area (Å²) in [5, 5.41) is 19.9. The normalized spacial score (nSPS) is 26.0. The summed E-state index contributed by atoms with van der Waals surface area (Å²) in [7, 11) is 1.27. The van der Waals surface area contributed by atoms with E-state index in [1.54, 1.807) is 6.92 Å². The monoisotopic (exact) mass is 387 g/mol.